The highest BCUT2D eigenvalue weighted by Crippen LogP contribution is 2.32. The molecule has 2 aliphatic rings. The number of aliphatic hydroxyl groups is 1. The van der Waals surface area contributed by atoms with Crippen LogP contribution in [-0.4, -0.2) is 49.1 Å². The molecule has 4 N–H and O–H groups in total. The van der Waals surface area contributed by atoms with Crippen molar-refractivity contribution in [3.8, 4) is 10.4 Å². The molecule has 3 heterocycles. The minimum Gasteiger partial charge on any atom is -0.442 e. The van der Waals surface area contributed by atoms with Gasteiger partial charge in [-0.15, -0.1) is 11.3 Å². The molecule has 6 nitrogen and oxygen atoms in total. The number of thiophene rings is 1. The summed E-state index contributed by atoms with van der Waals surface area (Å²) in [6.45, 7) is 2.64. The van der Waals surface area contributed by atoms with Gasteiger partial charge in [-0.05, 0) is 34.7 Å². The van der Waals surface area contributed by atoms with Crippen LogP contribution in [0.4, 0.5) is 13.6 Å². The molecule has 0 unspecified atom stereocenters. The molecule has 0 aliphatic carbocycles. The molecule has 0 spiro atoms. The van der Waals surface area contributed by atoms with Crippen LogP contribution in [0.5, 0.6) is 0 Å². The Morgan fingerprint density at radius 3 is 2.61 bits per heavy atom. The lowest BCUT2D eigenvalue weighted by Gasteiger charge is -2.27. The summed E-state index contributed by atoms with van der Waals surface area (Å²) < 4.78 is 31.4. The Labute approximate surface area is 212 Å². The van der Waals surface area contributed by atoms with E-state index in [2.05, 4.69) is 28.1 Å². The molecule has 9 heteroatoms. The van der Waals surface area contributed by atoms with Crippen LogP contribution in [0.1, 0.15) is 34.6 Å². The third-order valence-corrected chi connectivity index (χ3v) is 7.81. The second-order valence-corrected chi connectivity index (χ2v) is 10.3. The molecular weight excluding hydrogens is 484 g/mol. The Balaban J connectivity index is 1.15. The number of carbonyl (C=O) groups is 1. The number of rotatable bonds is 8. The van der Waals surface area contributed by atoms with Crippen molar-refractivity contribution in [3.63, 3.8) is 0 Å². The first kappa shape index (κ1) is 24.8. The first-order chi connectivity index (χ1) is 17.5. The van der Waals surface area contributed by atoms with Gasteiger partial charge in [-0.2, -0.15) is 0 Å². The van der Waals surface area contributed by atoms with E-state index >= 15 is 0 Å². The molecule has 0 radical (unpaired) electrons. The molecule has 5 rings (SSSR count). The minimum absolute atomic E-state index is 0.0323. The number of carbonyl (C=O) groups excluding carboxylic acids is 1. The summed E-state index contributed by atoms with van der Waals surface area (Å²) in [6, 6.07) is 17.1. The normalized spacial score (nSPS) is 21.9. The molecule has 0 bridgehead atoms. The number of nitrogens with one attached hydrogen (secondary N) is 3. The number of alkyl carbamates (subject to hydrolysis) is 1. The zero-order valence-corrected chi connectivity index (χ0v) is 20.4. The molecule has 3 atom stereocenters. The van der Waals surface area contributed by atoms with Crippen LogP contribution in [0.15, 0.2) is 60.0 Å². The monoisotopic (exact) mass is 513 g/mol. The molecule has 190 valence electrons. The summed E-state index contributed by atoms with van der Waals surface area (Å²) in [4.78, 5) is 13.3. The number of alkyl halides is 2. The predicted octanol–water partition coefficient (Wildman–Crippen LogP) is 4.21. The van der Waals surface area contributed by atoms with E-state index < -0.39 is 24.7 Å². The lowest BCUT2D eigenvalue weighted by molar-refractivity contribution is 0.0188. The first-order valence-corrected chi connectivity index (χ1v) is 13.0. The van der Waals surface area contributed by atoms with E-state index in [0.29, 0.717) is 25.4 Å². The summed E-state index contributed by atoms with van der Waals surface area (Å²) in [6.07, 6.45) is -3.96. The van der Waals surface area contributed by atoms with Gasteiger partial charge in [-0.1, -0.05) is 48.5 Å². The topological polar surface area (TPSA) is 82.6 Å². The van der Waals surface area contributed by atoms with Crippen molar-refractivity contribution in [2.24, 2.45) is 0 Å². The maximum atomic E-state index is 12.9. The average molecular weight is 514 g/mol. The van der Waals surface area contributed by atoms with Gasteiger partial charge in [-0.25, -0.2) is 13.6 Å². The zero-order chi connectivity index (χ0) is 25.1. The van der Waals surface area contributed by atoms with Crippen molar-refractivity contribution in [2.45, 2.75) is 43.6 Å². The van der Waals surface area contributed by atoms with Gasteiger partial charge in [0.05, 0.1) is 6.04 Å². The van der Waals surface area contributed by atoms with Crippen LogP contribution >= 0.6 is 11.3 Å². The van der Waals surface area contributed by atoms with Crippen molar-refractivity contribution < 1.29 is 23.4 Å². The van der Waals surface area contributed by atoms with Crippen molar-refractivity contribution >= 4 is 17.4 Å². The molecule has 2 saturated heterocycles. The van der Waals surface area contributed by atoms with Gasteiger partial charge < -0.3 is 25.8 Å². The Kier molecular flexibility index (Phi) is 7.62. The maximum Gasteiger partial charge on any atom is 0.407 e. The third kappa shape index (κ3) is 5.75. The average Bonchev–Trinajstić information content (AvgIpc) is 3.46. The molecule has 3 aromatic rings. The first-order valence-electron chi connectivity index (χ1n) is 12.1. The van der Waals surface area contributed by atoms with Crippen LogP contribution in [0.3, 0.4) is 0 Å². The molecule has 36 heavy (non-hydrogen) atoms. The lowest BCUT2D eigenvalue weighted by atomic mass is 9.92. The van der Waals surface area contributed by atoms with E-state index in [1.54, 1.807) is 0 Å². The molecule has 2 fully saturated rings. The highest BCUT2D eigenvalue weighted by atomic mass is 32.1. The second kappa shape index (κ2) is 11.0. The van der Waals surface area contributed by atoms with Crippen molar-refractivity contribution in [1.29, 1.82) is 0 Å². The number of β-amino-alcohol motifs (C(OH)–C–C–N with tert-alkyl or cyclic N) is 1. The number of aliphatic hydroxyl groups excluding tert-OH is 1. The Hall–Kier alpha value is -2.85. The fraction of sp³-hybridized carbons (Fsp3) is 0.370. The van der Waals surface area contributed by atoms with Crippen LogP contribution < -0.4 is 16.0 Å². The van der Waals surface area contributed by atoms with Crippen molar-refractivity contribution in [2.75, 3.05) is 19.6 Å². The number of hydrogen-bond acceptors (Lipinski definition) is 6. The summed E-state index contributed by atoms with van der Waals surface area (Å²) in [5.41, 5.74) is 4.16. The fourth-order valence-corrected chi connectivity index (χ4v) is 5.53. The fourth-order valence-electron chi connectivity index (χ4n) is 4.62. The highest BCUT2D eigenvalue weighted by molar-refractivity contribution is 7.13. The van der Waals surface area contributed by atoms with E-state index in [4.69, 9.17) is 4.74 Å². The Morgan fingerprint density at radius 2 is 1.92 bits per heavy atom. The quantitative estimate of drug-likeness (QED) is 0.363. The predicted molar refractivity (Wildman–Crippen MR) is 135 cm³/mol. The number of ether oxygens (including phenoxy) is 1. The van der Waals surface area contributed by atoms with Crippen LogP contribution in [0.2, 0.25) is 0 Å². The number of benzene rings is 2. The number of amides is 1. The van der Waals surface area contributed by atoms with E-state index in [-0.39, 0.29) is 11.6 Å². The van der Waals surface area contributed by atoms with Gasteiger partial charge in [-0.3, -0.25) is 0 Å². The zero-order valence-electron chi connectivity index (χ0n) is 19.6. The summed E-state index contributed by atoms with van der Waals surface area (Å²) in [5.74, 6) is 0.520. The highest BCUT2D eigenvalue weighted by Gasteiger charge is 2.37. The van der Waals surface area contributed by atoms with E-state index in [1.165, 1.54) is 28.3 Å². The molecule has 1 amide bonds. The smallest absolute Gasteiger partial charge is 0.407 e. The van der Waals surface area contributed by atoms with Crippen LogP contribution in [0, 0.1) is 0 Å². The second-order valence-electron chi connectivity index (χ2n) is 9.35. The van der Waals surface area contributed by atoms with Crippen molar-refractivity contribution in [3.05, 3.63) is 82.2 Å². The summed E-state index contributed by atoms with van der Waals surface area (Å²) >= 11 is 1.29. The van der Waals surface area contributed by atoms with Gasteiger partial charge in [0, 0.05) is 47.9 Å². The van der Waals surface area contributed by atoms with Crippen LogP contribution in [0.25, 0.3) is 10.4 Å². The third-order valence-electron chi connectivity index (χ3n) is 6.81. The summed E-state index contributed by atoms with van der Waals surface area (Å²) in [7, 11) is 0. The minimum atomic E-state index is -2.47. The Morgan fingerprint density at radius 1 is 1.11 bits per heavy atom. The molecule has 0 saturated carbocycles. The maximum absolute atomic E-state index is 12.9. The molecule has 2 aromatic carbocycles. The van der Waals surface area contributed by atoms with E-state index in [9.17, 15) is 18.7 Å². The van der Waals surface area contributed by atoms with E-state index in [0.717, 1.165) is 34.7 Å². The van der Waals surface area contributed by atoms with Gasteiger partial charge in [0.2, 0.25) is 0 Å². The van der Waals surface area contributed by atoms with Crippen molar-refractivity contribution in [1.82, 2.24) is 16.0 Å². The lowest BCUT2D eigenvalue weighted by Crippen LogP contribution is -2.41. The largest absolute Gasteiger partial charge is 0.442 e. The number of hydrogen-bond donors (Lipinski definition) is 4. The van der Waals surface area contributed by atoms with E-state index in [1.807, 2.05) is 36.4 Å². The summed E-state index contributed by atoms with van der Waals surface area (Å²) in [5, 5.41) is 21.2. The molecular formula is C27H29F2N3O3S. The Bertz CT molecular complexity index is 1180. The SMILES string of the molecule is O=C(NCc1cccc(C2CNC2)c1)O[C@@H]1[C@@H](O)CN[C@@H]1Cc1ccc(-c2cc(C(F)F)cs2)cc1. The van der Waals surface area contributed by atoms with Gasteiger partial charge in [0.1, 0.15) is 12.2 Å². The van der Waals surface area contributed by atoms with Gasteiger partial charge in [0.25, 0.3) is 6.43 Å². The van der Waals surface area contributed by atoms with Gasteiger partial charge >= 0.3 is 6.09 Å². The molecule has 1 aromatic heterocycles. The van der Waals surface area contributed by atoms with Crippen LogP contribution in [-0.2, 0) is 17.7 Å². The van der Waals surface area contributed by atoms with Gasteiger partial charge in [0.15, 0.2) is 0 Å². The molecule has 2 aliphatic heterocycles. The standard InChI is InChI=1S/C27H29F2N3O3S/c28-26(29)20-10-24(36-15-20)18-6-4-16(5-7-18)9-22-25(23(33)14-31-22)35-27(34)32-11-17-2-1-3-19(8-17)21-12-30-13-21/h1-8,10,15,21-23,25-26,30-31,33H,9,11-14H2,(H,32,34)/t22-,23+,25+/m1/s1. The number of halogens is 2.